The molecule has 10 heteroatoms. The van der Waals surface area contributed by atoms with Crippen molar-refractivity contribution in [2.45, 2.75) is 142 Å². The fourth-order valence-corrected chi connectivity index (χ4v) is 16.3. The van der Waals surface area contributed by atoms with E-state index in [1.807, 2.05) is 18.5 Å². The summed E-state index contributed by atoms with van der Waals surface area (Å²) in [5.74, 6) is 7.25. The van der Waals surface area contributed by atoms with E-state index in [-0.39, 0.29) is 0 Å². The van der Waals surface area contributed by atoms with Gasteiger partial charge in [0.25, 0.3) is 0 Å². The molecule has 3 N–H and O–H groups in total. The van der Waals surface area contributed by atoms with E-state index in [0.29, 0.717) is 83.7 Å². The fourth-order valence-electron chi connectivity index (χ4n) is 16.3. The second-order valence-corrected chi connectivity index (χ2v) is 19.7. The van der Waals surface area contributed by atoms with Crippen molar-refractivity contribution in [1.29, 1.82) is 0 Å². The quantitative estimate of drug-likeness (QED) is 0.281. The molecule has 10 heterocycles. The van der Waals surface area contributed by atoms with Gasteiger partial charge in [-0.1, -0.05) is 49.2 Å². The van der Waals surface area contributed by atoms with E-state index in [1.165, 1.54) is 62.7 Å². The first kappa shape index (κ1) is 33.0. The zero-order valence-electron chi connectivity index (χ0n) is 33.0. The van der Waals surface area contributed by atoms with Crippen LogP contribution in [0.15, 0.2) is 102 Å². The molecule has 14 rings (SSSR count). The summed E-state index contributed by atoms with van der Waals surface area (Å²) in [4.78, 5) is 22.2. The van der Waals surface area contributed by atoms with E-state index in [2.05, 4.69) is 96.2 Å². The number of hydrogen-bond donors (Lipinski definition) is 3. The molecule has 3 aromatic rings. The standard InChI is InChI=1S/C47H56BN9/c1-3-11-28(12-4-1)54-33-16-8-7-15-30(33)37-41-43-31(18-23-50-41)48-32-19-24-51-42-38-40-34(17-9-20-49-40)55(29-13-5-2-6-14-29)47(38)57(44(32)42)36-26-27(45-52-21-10-22-53-45)25-35(39(36)48)56(43)46(37)54/h1-6,10-14,21-22,27,30-36,39-44,49-51H,7-9,15-20,23-26H2. The third kappa shape index (κ3) is 4.32. The molecule has 14 unspecified atom stereocenters. The van der Waals surface area contributed by atoms with Crippen molar-refractivity contribution in [3.63, 3.8) is 0 Å². The van der Waals surface area contributed by atoms with Crippen molar-refractivity contribution in [3.8, 4) is 0 Å². The van der Waals surface area contributed by atoms with Crippen LogP contribution in [0.25, 0.3) is 0 Å². The summed E-state index contributed by atoms with van der Waals surface area (Å²) >= 11 is 0. The molecule has 11 aliphatic rings. The highest BCUT2D eigenvalue weighted by molar-refractivity contribution is 6.65. The van der Waals surface area contributed by atoms with E-state index < -0.39 is 0 Å². The van der Waals surface area contributed by atoms with Crippen molar-refractivity contribution >= 4 is 18.1 Å². The van der Waals surface area contributed by atoms with Gasteiger partial charge in [0.1, 0.15) is 17.5 Å². The number of rotatable bonds is 3. The molecule has 7 fully saturated rings. The van der Waals surface area contributed by atoms with Gasteiger partial charge in [-0.2, -0.15) is 0 Å². The van der Waals surface area contributed by atoms with Crippen LogP contribution in [-0.2, 0) is 0 Å². The van der Waals surface area contributed by atoms with Gasteiger partial charge in [-0.15, -0.1) is 0 Å². The zero-order valence-corrected chi connectivity index (χ0v) is 33.0. The van der Waals surface area contributed by atoms with Gasteiger partial charge in [0.15, 0.2) is 6.71 Å². The Bertz CT molecular complexity index is 2000. The molecule has 5 saturated heterocycles. The molecule has 0 bridgehead atoms. The molecule has 57 heavy (non-hydrogen) atoms. The largest absolute Gasteiger partial charge is 0.351 e. The number of fused-ring (bicyclic) bond motifs is 12. The predicted molar refractivity (Wildman–Crippen MR) is 225 cm³/mol. The lowest BCUT2D eigenvalue weighted by atomic mass is 9.19. The molecule has 292 valence electrons. The molecule has 1 aromatic heterocycles. The van der Waals surface area contributed by atoms with Crippen molar-refractivity contribution in [3.05, 3.63) is 108 Å². The predicted octanol–water partition coefficient (Wildman–Crippen LogP) is 5.96. The summed E-state index contributed by atoms with van der Waals surface area (Å²) < 4.78 is 0. The molecule has 0 spiro atoms. The number of anilines is 2. The summed E-state index contributed by atoms with van der Waals surface area (Å²) in [5, 5.41) is 12.7. The lowest BCUT2D eigenvalue weighted by Crippen LogP contribution is -2.75. The van der Waals surface area contributed by atoms with Crippen LogP contribution in [0.4, 0.5) is 11.4 Å². The van der Waals surface area contributed by atoms with Crippen LogP contribution in [0.2, 0.25) is 17.5 Å². The van der Waals surface area contributed by atoms with Gasteiger partial charge < -0.3 is 35.6 Å². The third-order valence-corrected chi connectivity index (χ3v) is 17.7. The number of aromatic nitrogens is 2. The summed E-state index contributed by atoms with van der Waals surface area (Å²) in [7, 11) is 0. The monoisotopic (exact) mass is 757 g/mol. The average molecular weight is 758 g/mol. The third-order valence-electron chi connectivity index (χ3n) is 17.7. The van der Waals surface area contributed by atoms with Crippen molar-refractivity contribution in [2.75, 3.05) is 29.4 Å². The van der Waals surface area contributed by atoms with Crippen molar-refractivity contribution < 1.29 is 0 Å². The Hall–Kier alpha value is -3.86. The Morgan fingerprint density at radius 3 is 1.81 bits per heavy atom. The van der Waals surface area contributed by atoms with Crippen LogP contribution in [0.5, 0.6) is 0 Å². The lowest BCUT2D eigenvalue weighted by molar-refractivity contribution is 0.0179. The van der Waals surface area contributed by atoms with Gasteiger partial charge in [0.2, 0.25) is 0 Å². The van der Waals surface area contributed by atoms with Gasteiger partial charge in [-0.25, -0.2) is 9.97 Å². The molecule has 9 aliphatic heterocycles. The van der Waals surface area contributed by atoms with Crippen molar-refractivity contribution in [2.24, 2.45) is 5.92 Å². The highest BCUT2D eigenvalue weighted by Crippen LogP contribution is 2.68. The minimum Gasteiger partial charge on any atom is -0.351 e. The maximum absolute atomic E-state index is 5.08. The van der Waals surface area contributed by atoms with E-state index in [9.17, 15) is 0 Å². The van der Waals surface area contributed by atoms with Gasteiger partial charge >= 0.3 is 0 Å². The van der Waals surface area contributed by atoms with E-state index in [4.69, 9.17) is 9.97 Å². The van der Waals surface area contributed by atoms with Crippen molar-refractivity contribution in [1.82, 2.24) is 35.7 Å². The molecular weight excluding hydrogens is 701 g/mol. The summed E-state index contributed by atoms with van der Waals surface area (Å²) in [6.45, 7) is 4.16. The molecule has 14 atom stereocenters. The second-order valence-electron chi connectivity index (χ2n) is 19.7. The summed E-state index contributed by atoms with van der Waals surface area (Å²) in [6.07, 6.45) is 16.7. The molecule has 2 saturated carbocycles. The van der Waals surface area contributed by atoms with Gasteiger partial charge in [0, 0.05) is 71.4 Å². The molecule has 9 nitrogen and oxygen atoms in total. The van der Waals surface area contributed by atoms with E-state index >= 15 is 0 Å². The maximum Gasteiger partial charge on any atom is 0.159 e. The number of benzene rings is 2. The van der Waals surface area contributed by atoms with Gasteiger partial charge in [-0.3, -0.25) is 0 Å². The smallest absolute Gasteiger partial charge is 0.159 e. The Labute approximate surface area is 337 Å². The minimum atomic E-state index is 0.325. The number of nitrogens with one attached hydrogen (secondary N) is 3. The molecular formula is C47H56BN9. The van der Waals surface area contributed by atoms with E-state index in [1.54, 1.807) is 22.8 Å². The Balaban J connectivity index is 0.975. The fraction of sp³-hybridized carbons (Fsp3) is 0.574. The Morgan fingerprint density at radius 2 is 1.12 bits per heavy atom. The first-order chi connectivity index (χ1) is 28.3. The zero-order chi connectivity index (χ0) is 36.9. The molecule has 2 aliphatic carbocycles. The molecule has 0 amide bonds. The molecule has 0 radical (unpaired) electrons. The van der Waals surface area contributed by atoms with Crippen LogP contribution in [0, 0.1) is 5.92 Å². The first-order valence-corrected chi connectivity index (χ1v) is 23.1. The van der Waals surface area contributed by atoms with Gasteiger partial charge in [-0.05, 0) is 124 Å². The van der Waals surface area contributed by atoms with E-state index in [0.717, 1.165) is 45.0 Å². The topological polar surface area (TPSA) is 74.8 Å². The number of para-hydroxylation sites is 2. The SMILES string of the molecule is c1ccc(N2C3=C(C4CCCCC42)C2NCCC4B5C6CCNC7C8=C(N(c9ccccc9)C9CCCNC89)N(C8CC(c9ncccn9)CC(C58)N3C42)C67)cc1. The van der Waals surface area contributed by atoms with Crippen LogP contribution < -0.4 is 25.8 Å². The number of nitrogens with zero attached hydrogens (tertiary/aromatic N) is 6. The van der Waals surface area contributed by atoms with Crippen LogP contribution in [0.3, 0.4) is 0 Å². The van der Waals surface area contributed by atoms with Crippen LogP contribution >= 0.6 is 0 Å². The maximum atomic E-state index is 5.08. The first-order valence-electron chi connectivity index (χ1n) is 23.1. The Kier molecular flexibility index (Phi) is 7.15. The molecule has 2 aromatic carbocycles. The summed E-state index contributed by atoms with van der Waals surface area (Å²) in [6, 6.07) is 29.4. The van der Waals surface area contributed by atoms with Gasteiger partial charge in [0.05, 0.1) is 24.2 Å². The summed E-state index contributed by atoms with van der Waals surface area (Å²) in [5.41, 5.74) is 6.27. The second kappa shape index (κ2) is 12.3. The lowest BCUT2D eigenvalue weighted by Gasteiger charge is -2.68. The number of piperidine rings is 3. The minimum absolute atomic E-state index is 0.325. The normalized spacial score (nSPS) is 42.0. The number of hydrogen-bond acceptors (Lipinski definition) is 9. The Morgan fingerprint density at radius 1 is 0.544 bits per heavy atom. The van der Waals surface area contributed by atoms with Crippen LogP contribution in [-0.4, -0.2) is 100 Å². The highest BCUT2D eigenvalue weighted by atomic mass is 15.5. The highest BCUT2D eigenvalue weighted by Gasteiger charge is 2.72. The van der Waals surface area contributed by atoms with Crippen LogP contribution in [0.1, 0.15) is 76.0 Å². The average Bonchev–Trinajstić information content (AvgIpc) is 4.00.